The third-order valence-corrected chi connectivity index (χ3v) is 3.67. The van der Waals surface area contributed by atoms with Gasteiger partial charge in [0.25, 0.3) is 5.91 Å². The van der Waals surface area contributed by atoms with Crippen molar-refractivity contribution >= 4 is 17.4 Å². The second kappa shape index (κ2) is 6.28. The van der Waals surface area contributed by atoms with E-state index in [2.05, 4.69) is 15.3 Å². The van der Waals surface area contributed by atoms with E-state index in [1.54, 1.807) is 11.8 Å². The summed E-state index contributed by atoms with van der Waals surface area (Å²) in [4.78, 5) is 22.3. The fourth-order valence-electron chi connectivity index (χ4n) is 2.57. The van der Waals surface area contributed by atoms with Crippen molar-refractivity contribution in [2.24, 2.45) is 0 Å². The highest BCUT2D eigenvalue weighted by atomic mass is 19.1. The Morgan fingerprint density at radius 2 is 1.83 bits per heavy atom. The number of para-hydroxylation sites is 1. The van der Waals surface area contributed by atoms with Crippen molar-refractivity contribution in [2.45, 2.75) is 19.8 Å². The zero-order valence-electron chi connectivity index (χ0n) is 12.6. The lowest BCUT2D eigenvalue weighted by atomic mass is 10.2. The second-order valence-corrected chi connectivity index (χ2v) is 5.41. The van der Waals surface area contributed by atoms with Crippen LogP contribution in [0.25, 0.3) is 0 Å². The summed E-state index contributed by atoms with van der Waals surface area (Å²) in [6.07, 6.45) is 1.95. The van der Waals surface area contributed by atoms with Crippen LogP contribution in [0.1, 0.15) is 29.2 Å². The van der Waals surface area contributed by atoms with Crippen LogP contribution in [-0.2, 0) is 0 Å². The summed E-state index contributed by atoms with van der Waals surface area (Å²) in [7, 11) is 0. The number of hydrogen-bond donors (Lipinski definition) is 1. The van der Waals surface area contributed by atoms with E-state index in [4.69, 9.17) is 0 Å². The van der Waals surface area contributed by atoms with Crippen LogP contribution in [0.4, 0.5) is 20.3 Å². The Balaban J connectivity index is 1.90. The fraction of sp³-hybridized carbons (Fsp3) is 0.312. The number of amides is 1. The number of carbonyl (C=O) groups excluding carboxylic acids is 1. The molecule has 2 heterocycles. The highest BCUT2D eigenvalue weighted by molar-refractivity contribution is 5.93. The molecule has 1 amide bonds. The summed E-state index contributed by atoms with van der Waals surface area (Å²) in [6, 6.07) is 4.99. The first kappa shape index (κ1) is 15.3. The number of nitrogens with one attached hydrogen (secondary N) is 1. The molecule has 1 aromatic heterocycles. The number of aromatic nitrogens is 2. The zero-order chi connectivity index (χ0) is 16.4. The first-order valence-corrected chi connectivity index (χ1v) is 7.40. The monoisotopic (exact) mass is 318 g/mol. The number of benzene rings is 1. The molecule has 2 aromatic rings. The van der Waals surface area contributed by atoms with E-state index >= 15 is 0 Å². The van der Waals surface area contributed by atoms with Crippen molar-refractivity contribution < 1.29 is 13.6 Å². The van der Waals surface area contributed by atoms with E-state index < -0.39 is 11.6 Å². The lowest BCUT2D eigenvalue weighted by Crippen LogP contribution is -2.28. The Morgan fingerprint density at radius 1 is 1.17 bits per heavy atom. The van der Waals surface area contributed by atoms with Gasteiger partial charge in [0.15, 0.2) is 0 Å². The third kappa shape index (κ3) is 3.28. The summed E-state index contributed by atoms with van der Waals surface area (Å²) >= 11 is 0. The molecular weight excluding hydrogens is 302 g/mol. The lowest BCUT2D eigenvalue weighted by Gasteiger charge is -2.15. The van der Waals surface area contributed by atoms with Crippen LogP contribution in [-0.4, -0.2) is 33.9 Å². The summed E-state index contributed by atoms with van der Waals surface area (Å²) in [5.41, 5.74) is -0.0798. The van der Waals surface area contributed by atoms with Gasteiger partial charge in [-0.1, -0.05) is 6.07 Å². The van der Waals surface area contributed by atoms with Gasteiger partial charge < -0.3 is 10.2 Å². The third-order valence-electron chi connectivity index (χ3n) is 3.67. The predicted molar refractivity (Wildman–Crippen MR) is 81.5 cm³/mol. The van der Waals surface area contributed by atoms with Gasteiger partial charge in [0.2, 0.25) is 0 Å². The topological polar surface area (TPSA) is 58.1 Å². The van der Waals surface area contributed by atoms with Gasteiger partial charge in [-0.15, -0.1) is 0 Å². The molecule has 3 rings (SSSR count). The Morgan fingerprint density at radius 3 is 2.48 bits per heavy atom. The van der Waals surface area contributed by atoms with Gasteiger partial charge in [-0.25, -0.2) is 18.7 Å². The van der Waals surface area contributed by atoms with E-state index in [1.807, 2.05) is 0 Å². The lowest BCUT2D eigenvalue weighted by molar-refractivity contribution is 0.0786. The molecule has 0 saturated carbocycles. The highest BCUT2D eigenvalue weighted by Gasteiger charge is 2.22. The fourth-order valence-corrected chi connectivity index (χ4v) is 2.57. The van der Waals surface area contributed by atoms with E-state index in [1.165, 1.54) is 12.1 Å². The Kier molecular flexibility index (Phi) is 4.18. The van der Waals surface area contributed by atoms with Crippen molar-refractivity contribution in [1.82, 2.24) is 14.9 Å². The first-order valence-electron chi connectivity index (χ1n) is 7.40. The van der Waals surface area contributed by atoms with Crippen LogP contribution >= 0.6 is 0 Å². The normalized spacial score (nSPS) is 14.1. The van der Waals surface area contributed by atoms with Crippen LogP contribution in [0.2, 0.25) is 0 Å². The van der Waals surface area contributed by atoms with Crippen LogP contribution in [0.5, 0.6) is 0 Å². The average Bonchev–Trinajstić information content (AvgIpc) is 3.04. The standard InChI is InChI=1S/C16H16F2N4O/c1-10-19-13(16(23)22-7-2-3-8-22)9-14(20-10)21-15-11(17)5-4-6-12(15)18/h4-6,9H,2-3,7-8H2,1H3,(H,19,20,21). The SMILES string of the molecule is Cc1nc(Nc2c(F)cccc2F)cc(C(=O)N2CCCC2)n1. The van der Waals surface area contributed by atoms with Crippen molar-refractivity contribution in [3.8, 4) is 0 Å². The highest BCUT2D eigenvalue weighted by Crippen LogP contribution is 2.23. The number of halogens is 2. The van der Waals surface area contributed by atoms with Crippen molar-refractivity contribution in [3.05, 3.63) is 47.4 Å². The van der Waals surface area contributed by atoms with Crippen LogP contribution < -0.4 is 5.32 Å². The van der Waals surface area contributed by atoms with Gasteiger partial charge in [-0.05, 0) is 31.9 Å². The Bertz CT molecular complexity index is 725. The number of aryl methyl sites for hydroxylation is 1. The molecule has 5 nitrogen and oxygen atoms in total. The molecular formula is C16H16F2N4O. The first-order chi connectivity index (χ1) is 11.0. The maximum absolute atomic E-state index is 13.7. The molecule has 7 heteroatoms. The Hall–Kier alpha value is -2.57. The summed E-state index contributed by atoms with van der Waals surface area (Å²) < 4.78 is 27.4. The molecule has 0 atom stereocenters. The van der Waals surface area contributed by atoms with Gasteiger partial charge in [-0.2, -0.15) is 0 Å². The Labute approximate surface area is 132 Å². The zero-order valence-corrected chi connectivity index (χ0v) is 12.6. The van der Waals surface area contributed by atoms with Gasteiger partial charge >= 0.3 is 0 Å². The van der Waals surface area contributed by atoms with Gasteiger partial charge in [0, 0.05) is 19.2 Å². The predicted octanol–water partition coefficient (Wildman–Crippen LogP) is 3.04. The summed E-state index contributed by atoms with van der Waals surface area (Å²) in [6.45, 7) is 3.03. The molecule has 23 heavy (non-hydrogen) atoms. The molecule has 1 aromatic carbocycles. The minimum atomic E-state index is -0.728. The number of likely N-dealkylation sites (tertiary alicyclic amines) is 1. The summed E-state index contributed by atoms with van der Waals surface area (Å²) in [5, 5.41) is 2.60. The number of nitrogens with zero attached hydrogens (tertiary/aromatic N) is 3. The maximum Gasteiger partial charge on any atom is 0.272 e. The quantitative estimate of drug-likeness (QED) is 0.945. The smallest absolute Gasteiger partial charge is 0.272 e. The van der Waals surface area contributed by atoms with Crippen LogP contribution in [0.15, 0.2) is 24.3 Å². The van der Waals surface area contributed by atoms with Gasteiger partial charge in [0.1, 0.15) is 34.7 Å². The molecule has 0 spiro atoms. The van der Waals surface area contributed by atoms with E-state index in [0.29, 0.717) is 18.9 Å². The molecule has 1 N–H and O–H groups in total. The van der Waals surface area contributed by atoms with Gasteiger partial charge in [0.05, 0.1) is 0 Å². The van der Waals surface area contributed by atoms with Gasteiger partial charge in [-0.3, -0.25) is 4.79 Å². The largest absolute Gasteiger partial charge is 0.337 e. The molecule has 1 aliphatic rings. The molecule has 1 saturated heterocycles. The minimum Gasteiger partial charge on any atom is -0.337 e. The molecule has 0 unspecified atom stereocenters. The molecule has 1 fully saturated rings. The van der Waals surface area contributed by atoms with Crippen molar-refractivity contribution in [1.29, 1.82) is 0 Å². The molecule has 120 valence electrons. The molecule has 0 radical (unpaired) electrons. The van der Waals surface area contributed by atoms with Crippen LogP contribution in [0.3, 0.4) is 0 Å². The second-order valence-electron chi connectivity index (χ2n) is 5.41. The van der Waals surface area contributed by atoms with E-state index in [9.17, 15) is 13.6 Å². The molecule has 0 bridgehead atoms. The van der Waals surface area contributed by atoms with Crippen molar-refractivity contribution in [3.63, 3.8) is 0 Å². The average molecular weight is 318 g/mol. The van der Waals surface area contributed by atoms with Crippen molar-refractivity contribution in [2.75, 3.05) is 18.4 Å². The number of hydrogen-bond acceptors (Lipinski definition) is 4. The van der Waals surface area contributed by atoms with E-state index in [-0.39, 0.29) is 23.1 Å². The van der Waals surface area contributed by atoms with Crippen LogP contribution in [0, 0.1) is 18.6 Å². The number of carbonyl (C=O) groups is 1. The molecule has 1 aliphatic heterocycles. The van der Waals surface area contributed by atoms with E-state index in [0.717, 1.165) is 25.0 Å². The summed E-state index contributed by atoms with van der Waals surface area (Å²) in [5.74, 6) is -1.11. The number of anilines is 2. The number of rotatable bonds is 3. The minimum absolute atomic E-state index is 0.184. The molecule has 0 aliphatic carbocycles. The maximum atomic E-state index is 13.7.